The van der Waals surface area contributed by atoms with Gasteiger partial charge in [-0.3, -0.25) is 14.6 Å². The summed E-state index contributed by atoms with van der Waals surface area (Å²) in [6, 6.07) is 4.48. The summed E-state index contributed by atoms with van der Waals surface area (Å²) in [4.78, 5) is 34.1. The molecule has 1 amide bonds. The highest BCUT2D eigenvalue weighted by Gasteiger charge is 2.12. The van der Waals surface area contributed by atoms with Gasteiger partial charge in [0.05, 0.1) is 16.7 Å². The van der Waals surface area contributed by atoms with Crippen LogP contribution in [0.4, 0.5) is 11.6 Å². The molecule has 21 heavy (non-hydrogen) atoms. The Morgan fingerprint density at radius 3 is 2.67 bits per heavy atom. The van der Waals surface area contributed by atoms with Gasteiger partial charge in [-0.15, -0.1) is 0 Å². The van der Waals surface area contributed by atoms with Gasteiger partial charge in [0.25, 0.3) is 5.91 Å². The summed E-state index contributed by atoms with van der Waals surface area (Å²) in [7, 11) is 0. The van der Waals surface area contributed by atoms with Crippen LogP contribution in [0.1, 0.15) is 26.3 Å². The van der Waals surface area contributed by atoms with Crippen LogP contribution in [0.25, 0.3) is 0 Å². The number of pyridine rings is 2. The fraction of sp³-hybridized carbons (Fsp3) is 0. The molecule has 6 N–H and O–H groups in total. The topological polar surface area (TPSA) is 150 Å². The van der Waals surface area contributed by atoms with Gasteiger partial charge in [0.1, 0.15) is 17.5 Å². The number of hydrogen-bond donors (Lipinski definition) is 3. The minimum Gasteiger partial charge on any atom is -0.383 e. The van der Waals surface area contributed by atoms with Crippen molar-refractivity contribution >= 4 is 29.7 Å². The molecule has 0 fully saturated rings. The van der Waals surface area contributed by atoms with E-state index in [1.807, 2.05) is 0 Å². The molecule has 0 saturated carbocycles. The highest BCUT2D eigenvalue weighted by atomic mass is 16.1. The minimum atomic E-state index is -0.579. The van der Waals surface area contributed by atoms with E-state index >= 15 is 0 Å². The van der Waals surface area contributed by atoms with Crippen molar-refractivity contribution in [3.63, 3.8) is 0 Å². The van der Waals surface area contributed by atoms with Crippen LogP contribution in [0, 0.1) is 0 Å². The maximum absolute atomic E-state index is 11.9. The molecular weight excluding hydrogens is 272 g/mol. The molecule has 0 aliphatic rings. The predicted molar refractivity (Wildman–Crippen MR) is 77.7 cm³/mol. The molecule has 2 rings (SSSR count). The molecule has 0 spiro atoms. The number of amides is 1. The number of carbonyl (C=O) groups excluding carboxylic acids is 2. The zero-order chi connectivity index (χ0) is 15.4. The van der Waals surface area contributed by atoms with Gasteiger partial charge in [-0.05, 0) is 18.2 Å². The van der Waals surface area contributed by atoms with Gasteiger partial charge in [-0.2, -0.15) is 4.99 Å². The predicted octanol–water partition coefficient (Wildman–Crippen LogP) is -0.000800. The molecule has 8 nitrogen and oxygen atoms in total. The highest BCUT2D eigenvalue weighted by Crippen LogP contribution is 2.15. The van der Waals surface area contributed by atoms with Crippen molar-refractivity contribution in [2.75, 3.05) is 11.5 Å². The maximum Gasteiger partial charge on any atom is 0.280 e. The number of nitrogen functional groups attached to an aromatic ring is 2. The summed E-state index contributed by atoms with van der Waals surface area (Å²) in [5, 5.41) is 0. The standard InChI is InChI=1S/C13H12N6O2/c14-10-8(6-20)4-9(11(15)18-10)12(16)19-13(21)7-2-1-3-17-5-7/h1-6H,(H4,14,15,18)(H2,16,19,21). The van der Waals surface area contributed by atoms with Gasteiger partial charge >= 0.3 is 0 Å². The number of rotatable bonds is 3. The van der Waals surface area contributed by atoms with Crippen molar-refractivity contribution in [1.82, 2.24) is 9.97 Å². The van der Waals surface area contributed by atoms with Gasteiger partial charge in [-0.1, -0.05) is 0 Å². The van der Waals surface area contributed by atoms with E-state index < -0.39 is 5.91 Å². The number of anilines is 2. The van der Waals surface area contributed by atoms with Crippen LogP contribution in [-0.2, 0) is 0 Å². The first kappa shape index (κ1) is 14.1. The van der Waals surface area contributed by atoms with Gasteiger partial charge < -0.3 is 17.2 Å². The number of aldehydes is 1. The third kappa shape index (κ3) is 3.00. The van der Waals surface area contributed by atoms with Gasteiger partial charge in [-0.25, -0.2) is 4.98 Å². The zero-order valence-electron chi connectivity index (χ0n) is 10.9. The number of carbonyl (C=O) groups is 2. The fourth-order valence-corrected chi connectivity index (χ4v) is 1.58. The first-order chi connectivity index (χ1) is 10.0. The Morgan fingerprint density at radius 2 is 2.05 bits per heavy atom. The van der Waals surface area contributed by atoms with Crippen molar-refractivity contribution in [1.29, 1.82) is 0 Å². The Labute approximate surface area is 119 Å². The van der Waals surface area contributed by atoms with Crippen molar-refractivity contribution < 1.29 is 9.59 Å². The Bertz CT molecular complexity index is 727. The third-order valence-corrected chi connectivity index (χ3v) is 2.65. The summed E-state index contributed by atoms with van der Waals surface area (Å²) < 4.78 is 0. The first-order valence-electron chi connectivity index (χ1n) is 5.83. The van der Waals surface area contributed by atoms with E-state index in [1.165, 1.54) is 18.5 Å². The average molecular weight is 284 g/mol. The lowest BCUT2D eigenvalue weighted by atomic mass is 10.1. The largest absolute Gasteiger partial charge is 0.383 e. The monoisotopic (exact) mass is 284 g/mol. The van der Waals surface area contributed by atoms with Crippen LogP contribution >= 0.6 is 0 Å². The van der Waals surface area contributed by atoms with Crippen LogP contribution in [0.5, 0.6) is 0 Å². The maximum atomic E-state index is 11.9. The van der Waals surface area contributed by atoms with Crippen molar-refractivity contribution in [3.8, 4) is 0 Å². The van der Waals surface area contributed by atoms with Crippen molar-refractivity contribution in [2.45, 2.75) is 0 Å². The number of hydrogen-bond acceptors (Lipinski definition) is 6. The second-order valence-corrected chi connectivity index (χ2v) is 4.06. The molecular formula is C13H12N6O2. The summed E-state index contributed by atoms with van der Waals surface area (Å²) in [5.41, 5.74) is 17.5. The SMILES string of the molecule is NC(=NC(=O)c1cccnc1)c1cc(C=O)c(N)nc1N. The molecule has 0 bridgehead atoms. The smallest absolute Gasteiger partial charge is 0.280 e. The lowest BCUT2D eigenvalue weighted by molar-refractivity contribution is 0.100. The average Bonchev–Trinajstić information content (AvgIpc) is 2.48. The minimum absolute atomic E-state index is 0.0154. The lowest BCUT2D eigenvalue weighted by Crippen LogP contribution is -2.19. The molecule has 2 aromatic heterocycles. The number of nitrogens with zero attached hydrogens (tertiary/aromatic N) is 3. The third-order valence-electron chi connectivity index (χ3n) is 2.65. The van der Waals surface area contributed by atoms with Gasteiger partial charge in [0.15, 0.2) is 6.29 Å². The normalized spacial score (nSPS) is 11.1. The molecule has 8 heteroatoms. The number of amidine groups is 1. The van der Waals surface area contributed by atoms with Crippen molar-refractivity contribution in [3.05, 3.63) is 47.3 Å². The van der Waals surface area contributed by atoms with Crippen LogP contribution in [0.15, 0.2) is 35.6 Å². The molecule has 2 heterocycles. The molecule has 0 aliphatic heterocycles. The number of aliphatic imine (C=N–C) groups is 1. The second-order valence-electron chi connectivity index (χ2n) is 4.06. The van der Waals surface area contributed by atoms with Gasteiger partial charge in [0, 0.05) is 12.4 Å². The molecule has 0 atom stereocenters. The molecule has 0 radical (unpaired) electrons. The van der Waals surface area contributed by atoms with Crippen LogP contribution in [0.3, 0.4) is 0 Å². The van der Waals surface area contributed by atoms with E-state index in [4.69, 9.17) is 17.2 Å². The summed E-state index contributed by atoms with van der Waals surface area (Å²) >= 11 is 0. The van der Waals surface area contributed by atoms with E-state index in [-0.39, 0.29) is 34.2 Å². The Hall–Kier alpha value is -3.29. The molecule has 0 aromatic carbocycles. The van der Waals surface area contributed by atoms with Gasteiger partial charge in [0.2, 0.25) is 0 Å². The highest BCUT2D eigenvalue weighted by molar-refractivity contribution is 6.11. The van der Waals surface area contributed by atoms with E-state index in [9.17, 15) is 9.59 Å². The molecule has 106 valence electrons. The van der Waals surface area contributed by atoms with Crippen LogP contribution in [0.2, 0.25) is 0 Å². The molecule has 0 aliphatic carbocycles. The Morgan fingerprint density at radius 1 is 1.29 bits per heavy atom. The Kier molecular flexibility index (Phi) is 3.89. The fourth-order valence-electron chi connectivity index (χ4n) is 1.58. The van der Waals surface area contributed by atoms with E-state index in [1.54, 1.807) is 12.1 Å². The Balaban J connectivity index is 2.40. The van der Waals surface area contributed by atoms with E-state index in [2.05, 4.69) is 15.0 Å². The summed E-state index contributed by atoms with van der Waals surface area (Å²) in [6.45, 7) is 0. The van der Waals surface area contributed by atoms with Crippen LogP contribution in [-0.4, -0.2) is 28.0 Å². The lowest BCUT2D eigenvalue weighted by Gasteiger charge is -2.07. The second kappa shape index (κ2) is 5.78. The number of nitrogens with two attached hydrogens (primary N) is 3. The summed E-state index contributed by atoms with van der Waals surface area (Å²) in [5.74, 6) is -0.766. The number of aromatic nitrogens is 2. The molecule has 2 aromatic rings. The van der Waals surface area contributed by atoms with Crippen molar-refractivity contribution in [2.24, 2.45) is 10.7 Å². The molecule has 0 saturated heterocycles. The zero-order valence-corrected chi connectivity index (χ0v) is 10.9. The van der Waals surface area contributed by atoms with E-state index in [0.717, 1.165) is 0 Å². The first-order valence-corrected chi connectivity index (χ1v) is 5.83. The quantitative estimate of drug-likeness (QED) is 0.407. The molecule has 0 unspecified atom stereocenters. The van der Waals surface area contributed by atoms with E-state index in [0.29, 0.717) is 6.29 Å². The summed E-state index contributed by atoms with van der Waals surface area (Å²) in [6.07, 6.45) is 3.41. The van der Waals surface area contributed by atoms with Crippen LogP contribution < -0.4 is 17.2 Å².